The van der Waals surface area contributed by atoms with Crippen LogP contribution in [-0.2, 0) is 27.1 Å². The van der Waals surface area contributed by atoms with Crippen molar-refractivity contribution in [3.8, 4) is 5.75 Å². The fourth-order valence-electron chi connectivity index (χ4n) is 4.38. The molecule has 0 fully saturated rings. The number of benzene rings is 3. The van der Waals surface area contributed by atoms with Gasteiger partial charge in [0.2, 0.25) is 0 Å². The Kier molecular flexibility index (Phi) is 8.40. The number of halogens is 1. The molecule has 1 N–H and O–H groups in total. The lowest BCUT2D eigenvalue weighted by Gasteiger charge is -2.34. The third-order valence-electron chi connectivity index (χ3n) is 6.21. The van der Waals surface area contributed by atoms with E-state index in [2.05, 4.69) is 0 Å². The maximum Gasteiger partial charge on any atom is 0.419 e. The largest absolute Gasteiger partial charge is 0.493 e. The van der Waals surface area contributed by atoms with Gasteiger partial charge in [0.05, 0.1) is 31.0 Å². The fourth-order valence-corrected chi connectivity index (χ4v) is 4.38. The van der Waals surface area contributed by atoms with Gasteiger partial charge >= 0.3 is 12.1 Å². The van der Waals surface area contributed by atoms with Gasteiger partial charge in [-0.05, 0) is 73.4 Å². The predicted molar refractivity (Wildman–Crippen MR) is 136 cm³/mol. The van der Waals surface area contributed by atoms with Crippen molar-refractivity contribution in [2.45, 2.75) is 38.2 Å². The summed E-state index contributed by atoms with van der Waals surface area (Å²) in [5.41, 5.74) is 1.63. The number of hydrogen-bond acceptors (Lipinski definition) is 6. The first-order valence-electron chi connectivity index (χ1n) is 12.3. The number of nitrogens with zero attached hydrogens (tertiary/aromatic N) is 1. The smallest absolute Gasteiger partial charge is 0.419 e. The van der Waals surface area contributed by atoms with E-state index in [1.165, 1.54) is 29.2 Å². The topological polar surface area (TPSA) is 85.3 Å². The molecule has 1 aliphatic carbocycles. The summed E-state index contributed by atoms with van der Waals surface area (Å²) in [6.07, 6.45) is 0.663. The third-order valence-corrected chi connectivity index (χ3v) is 6.21. The number of anilines is 2. The van der Waals surface area contributed by atoms with Crippen LogP contribution >= 0.6 is 0 Å². The maximum atomic E-state index is 13.5. The average Bonchev–Trinajstić information content (AvgIpc) is 2.89. The zero-order valence-corrected chi connectivity index (χ0v) is 20.7. The van der Waals surface area contributed by atoms with Crippen molar-refractivity contribution in [2.75, 3.05) is 24.7 Å². The van der Waals surface area contributed by atoms with E-state index < -0.39 is 17.5 Å². The van der Waals surface area contributed by atoms with Gasteiger partial charge in [0.1, 0.15) is 23.8 Å². The number of carbonyl (C=O) groups is 2. The molecule has 0 spiro atoms. The van der Waals surface area contributed by atoms with Gasteiger partial charge in [0.25, 0.3) is 0 Å². The zero-order valence-electron chi connectivity index (χ0n) is 20.7. The zero-order chi connectivity index (χ0) is 26.3. The van der Waals surface area contributed by atoms with Crippen molar-refractivity contribution in [3.05, 3.63) is 89.7 Å². The second-order valence-corrected chi connectivity index (χ2v) is 8.90. The van der Waals surface area contributed by atoms with Gasteiger partial charge in [-0.1, -0.05) is 30.3 Å². The average molecular weight is 508 g/mol. The van der Waals surface area contributed by atoms with Crippen LogP contribution in [0.5, 0.6) is 5.75 Å². The van der Waals surface area contributed by atoms with Crippen LogP contribution in [0.2, 0.25) is 0 Å². The molecule has 4 rings (SSSR count). The molecule has 0 aromatic heterocycles. The summed E-state index contributed by atoms with van der Waals surface area (Å²) in [5.74, 6) is -0.0503. The van der Waals surface area contributed by atoms with E-state index in [0.29, 0.717) is 36.6 Å². The van der Waals surface area contributed by atoms with E-state index in [0.717, 1.165) is 11.1 Å². The molecule has 1 amide bonds. The molecular formula is C29H30FNO6. The van der Waals surface area contributed by atoms with Crippen LogP contribution in [0.25, 0.3) is 0 Å². The Morgan fingerprint density at radius 2 is 1.70 bits per heavy atom. The van der Waals surface area contributed by atoms with Crippen molar-refractivity contribution in [1.82, 2.24) is 0 Å². The number of ether oxygens (including phenoxy) is 3. The molecule has 37 heavy (non-hydrogen) atoms. The van der Waals surface area contributed by atoms with Crippen LogP contribution < -0.4 is 9.64 Å². The number of rotatable bonds is 9. The molecule has 7 nitrogen and oxygen atoms in total. The van der Waals surface area contributed by atoms with Crippen LogP contribution in [0.3, 0.4) is 0 Å². The first-order chi connectivity index (χ1) is 17.9. The van der Waals surface area contributed by atoms with E-state index in [9.17, 15) is 19.1 Å². The van der Waals surface area contributed by atoms with Gasteiger partial charge < -0.3 is 19.3 Å². The highest BCUT2D eigenvalue weighted by molar-refractivity contribution is 5.95. The van der Waals surface area contributed by atoms with Crippen LogP contribution in [-0.4, -0.2) is 42.6 Å². The number of amides is 1. The van der Waals surface area contributed by atoms with Crippen LogP contribution in [0.15, 0.2) is 72.8 Å². The Morgan fingerprint density at radius 3 is 2.43 bits per heavy atom. The normalized spacial score (nSPS) is 16.4. The van der Waals surface area contributed by atoms with Crippen LogP contribution in [0, 0.1) is 5.82 Å². The quantitative estimate of drug-likeness (QED) is 0.393. The summed E-state index contributed by atoms with van der Waals surface area (Å²) >= 11 is 0. The van der Waals surface area contributed by atoms with E-state index in [1.54, 1.807) is 31.2 Å². The molecule has 0 saturated carbocycles. The van der Waals surface area contributed by atoms with Gasteiger partial charge in [0.15, 0.2) is 0 Å². The van der Waals surface area contributed by atoms with E-state index >= 15 is 0 Å². The van der Waals surface area contributed by atoms with E-state index in [-0.39, 0.29) is 32.0 Å². The number of aliphatic hydroxyl groups is 1. The van der Waals surface area contributed by atoms with Crippen molar-refractivity contribution < 1.29 is 33.3 Å². The second kappa shape index (κ2) is 11.9. The molecule has 8 heteroatoms. The Bertz CT molecular complexity index is 1220. The minimum atomic E-state index is -1.25. The van der Waals surface area contributed by atoms with Crippen LogP contribution in [0.1, 0.15) is 30.9 Å². The van der Waals surface area contributed by atoms with E-state index in [4.69, 9.17) is 14.2 Å². The minimum absolute atomic E-state index is 0.156. The number of carbonyl (C=O) groups excluding carboxylic acids is 2. The summed E-state index contributed by atoms with van der Waals surface area (Å²) in [4.78, 5) is 26.1. The van der Waals surface area contributed by atoms with Crippen molar-refractivity contribution in [1.29, 1.82) is 0 Å². The standard InChI is InChI=1S/C29H30FNO6/c1-2-35-27(32)16-18-36-26-10-6-7-21-19-29(34,17-15-25(21)26)20-37-28(33)31(23-8-4-3-5-9-23)24-13-11-22(30)12-14-24/h3-14,34H,2,15-20H2,1H3/t29-/m1/s1. The maximum absolute atomic E-state index is 13.5. The summed E-state index contributed by atoms with van der Waals surface area (Å²) in [6, 6.07) is 20.0. The second-order valence-electron chi connectivity index (χ2n) is 8.90. The van der Waals surface area contributed by atoms with Gasteiger partial charge in [-0.25, -0.2) is 14.1 Å². The Balaban J connectivity index is 1.42. The molecule has 0 saturated heterocycles. The summed E-state index contributed by atoms with van der Waals surface area (Å²) in [6.45, 7) is 2.09. The minimum Gasteiger partial charge on any atom is -0.493 e. The molecule has 0 unspecified atom stereocenters. The number of esters is 1. The van der Waals surface area contributed by atoms with E-state index in [1.807, 2.05) is 24.3 Å². The third kappa shape index (κ3) is 6.65. The Labute approximate surface area is 215 Å². The molecule has 0 bridgehead atoms. The molecule has 3 aromatic rings. The van der Waals surface area contributed by atoms with Crippen LogP contribution in [0.4, 0.5) is 20.6 Å². The monoisotopic (exact) mass is 507 g/mol. The van der Waals surface area contributed by atoms with Crippen molar-refractivity contribution >= 4 is 23.4 Å². The van der Waals surface area contributed by atoms with Gasteiger partial charge in [0, 0.05) is 6.42 Å². The van der Waals surface area contributed by atoms with Gasteiger partial charge in [-0.3, -0.25) is 4.79 Å². The van der Waals surface area contributed by atoms with Crippen molar-refractivity contribution in [3.63, 3.8) is 0 Å². The molecule has 1 atom stereocenters. The summed E-state index contributed by atoms with van der Waals surface area (Å²) in [5, 5.41) is 11.3. The SMILES string of the molecule is CCOC(=O)CCOc1cccc2c1CC[C@](O)(COC(=O)N(c1ccccc1)c1ccc(F)cc1)C2. The molecule has 0 heterocycles. The lowest BCUT2D eigenvalue weighted by Crippen LogP contribution is -2.42. The molecule has 1 aliphatic rings. The molecule has 3 aromatic carbocycles. The fraction of sp³-hybridized carbons (Fsp3) is 0.310. The number of hydrogen-bond donors (Lipinski definition) is 1. The highest BCUT2D eigenvalue weighted by Crippen LogP contribution is 2.35. The Morgan fingerprint density at radius 1 is 0.973 bits per heavy atom. The molecule has 194 valence electrons. The highest BCUT2D eigenvalue weighted by atomic mass is 19.1. The highest BCUT2D eigenvalue weighted by Gasteiger charge is 2.35. The lowest BCUT2D eigenvalue weighted by molar-refractivity contribution is -0.143. The molecule has 0 radical (unpaired) electrons. The first kappa shape index (κ1) is 26.2. The van der Waals surface area contributed by atoms with Gasteiger partial charge in [-0.2, -0.15) is 0 Å². The predicted octanol–water partition coefficient (Wildman–Crippen LogP) is 5.35. The number of para-hydroxylation sites is 1. The Hall–Kier alpha value is -3.91. The number of fused-ring (bicyclic) bond motifs is 1. The summed E-state index contributed by atoms with van der Waals surface area (Å²) < 4.78 is 29.8. The van der Waals surface area contributed by atoms with Gasteiger partial charge in [-0.15, -0.1) is 0 Å². The van der Waals surface area contributed by atoms with Crippen molar-refractivity contribution in [2.24, 2.45) is 0 Å². The molecular weight excluding hydrogens is 477 g/mol. The first-order valence-corrected chi connectivity index (χ1v) is 12.3. The molecule has 0 aliphatic heterocycles. The summed E-state index contributed by atoms with van der Waals surface area (Å²) in [7, 11) is 0. The lowest BCUT2D eigenvalue weighted by atomic mass is 9.80.